The third kappa shape index (κ3) is 2.35. The Morgan fingerprint density at radius 3 is 2.12 bits per heavy atom. The number of hydrogen-bond donors (Lipinski definition) is 0. The quantitative estimate of drug-likeness (QED) is 0.262. The summed E-state index contributed by atoms with van der Waals surface area (Å²) in [5, 5.41) is 7.64. The van der Waals surface area contributed by atoms with Crippen molar-refractivity contribution in [3.63, 3.8) is 0 Å². The van der Waals surface area contributed by atoms with Gasteiger partial charge in [-0.15, -0.1) is 0 Å². The van der Waals surface area contributed by atoms with Crippen molar-refractivity contribution in [2.24, 2.45) is 0 Å². The highest BCUT2D eigenvalue weighted by molar-refractivity contribution is 9.10. The molecule has 0 unspecified atom stereocenters. The second-order valence-corrected chi connectivity index (χ2v) is 7.23. The van der Waals surface area contributed by atoms with Crippen molar-refractivity contribution in [3.8, 4) is 11.1 Å². The molecule has 0 amide bonds. The van der Waals surface area contributed by atoms with Gasteiger partial charge in [-0.2, -0.15) is 0 Å². The maximum Gasteiger partial charge on any atom is 0.0260 e. The standard InChI is InChI=1S/C24H15Br/c25-22-11-5-9-19-15-18-8-3-4-10-21(18)23(24(19)22)20-13-12-16-6-1-2-7-17(16)14-20/h1-15H. The van der Waals surface area contributed by atoms with E-state index in [0.29, 0.717) is 0 Å². The van der Waals surface area contributed by atoms with E-state index in [1.54, 1.807) is 0 Å². The molecule has 0 aliphatic rings. The van der Waals surface area contributed by atoms with Crippen molar-refractivity contribution < 1.29 is 0 Å². The van der Waals surface area contributed by atoms with Gasteiger partial charge in [-0.05, 0) is 56.3 Å². The first-order chi connectivity index (χ1) is 12.3. The number of halogens is 1. The lowest BCUT2D eigenvalue weighted by Gasteiger charge is -2.14. The molecule has 0 spiro atoms. The van der Waals surface area contributed by atoms with Gasteiger partial charge in [0.05, 0.1) is 0 Å². The van der Waals surface area contributed by atoms with E-state index in [9.17, 15) is 0 Å². The molecule has 25 heavy (non-hydrogen) atoms. The van der Waals surface area contributed by atoms with Gasteiger partial charge in [-0.3, -0.25) is 0 Å². The van der Waals surface area contributed by atoms with Gasteiger partial charge in [-0.1, -0.05) is 88.7 Å². The average Bonchev–Trinajstić information content (AvgIpc) is 2.66. The number of fused-ring (bicyclic) bond motifs is 3. The van der Waals surface area contributed by atoms with Crippen LogP contribution < -0.4 is 0 Å². The average molecular weight is 383 g/mol. The van der Waals surface area contributed by atoms with Gasteiger partial charge in [0.2, 0.25) is 0 Å². The molecular formula is C24H15Br. The highest BCUT2D eigenvalue weighted by atomic mass is 79.9. The van der Waals surface area contributed by atoms with Crippen LogP contribution in [0.3, 0.4) is 0 Å². The van der Waals surface area contributed by atoms with E-state index in [1.165, 1.54) is 43.4 Å². The molecule has 0 N–H and O–H groups in total. The summed E-state index contributed by atoms with van der Waals surface area (Å²) in [6.07, 6.45) is 0. The van der Waals surface area contributed by atoms with Crippen LogP contribution in [0, 0.1) is 0 Å². The van der Waals surface area contributed by atoms with E-state index in [1.807, 2.05) is 0 Å². The molecule has 0 atom stereocenters. The lowest BCUT2D eigenvalue weighted by Crippen LogP contribution is -1.87. The first-order valence-electron chi connectivity index (χ1n) is 8.40. The fourth-order valence-corrected chi connectivity index (χ4v) is 4.30. The van der Waals surface area contributed by atoms with Gasteiger partial charge in [-0.25, -0.2) is 0 Å². The molecule has 0 radical (unpaired) electrons. The van der Waals surface area contributed by atoms with E-state index >= 15 is 0 Å². The zero-order chi connectivity index (χ0) is 16.8. The Balaban J connectivity index is 1.97. The summed E-state index contributed by atoms with van der Waals surface area (Å²) >= 11 is 3.78. The van der Waals surface area contributed by atoms with Crippen LogP contribution in [0.2, 0.25) is 0 Å². The third-order valence-corrected chi connectivity index (χ3v) is 5.54. The summed E-state index contributed by atoms with van der Waals surface area (Å²) in [5.74, 6) is 0. The lowest BCUT2D eigenvalue weighted by molar-refractivity contribution is 1.68. The number of rotatable bonds is 1. The van der Waals surface area contributed by atoms with E-state index in [0.717, 1.165) is 4.47 Å². The SMILES string of the molecule is Brc1cccc2cc3ccccc3c(-c3ccc4ccccc4c3)c12. The number of hydrogen-bond acceptors (Lipinski definition) is 0. The zero-order valence-corrected chi connectivity index (χ0v) is 15.1. The second kappa shape index (κ2) is 5.72. The van der Waals surface area contributed by atoms with Crippen LogP contribution in [0.15, 0.2) is 95.5 Å². The monoisotopic (exact) mass is 382 g/mol. The Bertz CT molecular complexity index is 1250. The fraction of sp³-hybridized carbons (Fsp3) is 0. The molecule has 5 rings (SSSR count). The minimum absolute atomic E-state index is 1.14. The van der Waals surface area contributed by atoms with Crippen molar-refractivity contribution in [1.82, 2.24) is 0 Å². The molecule has 5 aromatic carbocycles. The van der Waals surface area contributed by atoms with E-state index in [-0.39, 0.29) is 0 Å². The Labute approximate surface area is 154 Å². The minimum Gasteiger partial charge on any atom is -0.0616 e. The van der Waals surface area contributed by atoms with Gasteiger partial charge < -0.3 is 0 Å². The molecule has 1 heteroatoms. The predicted molar refractivity (Wildman–Crippen MR) is 112 cm³/mol. The molecular weight excluding hydrogens is 368 g/mol. The van der Waals surface area contributed by atoms with Crippen molar-refractivity contribution in [2.75, 3.05) is 0 Å². The maximum atomic E-state index is 3.78. The summed E-state index contributed by atoms with van der Waals surface area (Å²) < 4.78 is 1.14. The molecule has 0 heterocycles. The topological polar surface area (TPSA) is 0 Å². The molecule has 0 fully saturated rings. The normalized spacial score (nSPS) is 11.4. The summed E-state index contributed by atoms with van der Waals surface area (Å²) in [6.45, 7) is 0. The van der Waals surface area contributed by atoms with Crippen LogP contribution in [-0.2, 0) is 0 Å². The van der Waals surface area contributed by atoms with E-state index in [2.05, 4.69) is 107 Å². The third-order valence-electron chi connectivity index (χ3n) is 4.88. The Morgan fingerprint density at radius 2 is 1.24 bits per heavy atom. The first-order valence-corrected chi connectivity index (χ1v) is 9.20. The summed E-state index contributed by atoms with van der Waals surface area (Å²) in [4.78, 5) is 0. The van der Waals surface area contributed by atoms with Gasteiger partial charge in [0.1, 0.15) is 0 Å². The van der Waals surface area contributed by atoms with Crippen molar-refractivity contribution in [3.05, 3.63) is 95.5 Å². The minimum atomic E-state index is 1.14. The van der Waals surface area contributed by atoms with Gasteiger partial charge in [0, 0.05) is 9.86 Å². The van der Waals surface area contributed by atoms with Crippen molar-refractivity contribution in [2.45, 2.75) is 0 Å². The first kappa shape index (κ1) is 14.7. The van der Waals surface area contributed by atoms with E-state index in [4.69, 9.17) is 0 Å². The Morgan fingerprint density at radius 1 is 0.520 bits per heavy atom. The summed E-state index contributed by atoms with van der Waals surface area (Å²) in [7, 11) is 0. The van der Waals surface area contributed by atoms with Crippen molar-refractivity contribution in [1.29, 1.82) is 0 Å². The molecule has 118 valence electrons. The molecule has 0 nitrogen and oxygen atoms in total. The van der Waals surface area contributed by atoms with Gasteiger partial charge >= 0.3 is 0 Å². The number of benzene rings is 5. The van der Waals surface area contributed by atoms with Crippen LogP contribution in [0.1, 0.15) is 0 Å². The second-order valence-electron chi connectivity index (χ2n) is 6.37. The van der Waals surface area contributed by atoms with Crippen LogP contribution >= 0.6 is 15.9 Å². The molecule has 0 saturated heterocycles. The highest BCUT2D eigenvalue weighted by Crippen LogP contribution is 2.40. The lowest BCUT2D eigenvalue weighted by atomic mass is 9.91. The Hall–Kier alpha value is -2.64. The molecule has 0 saturated carbocycles. The zero-order valence-electron chi connectivity index (χ0n) is 13.5. The van der Waals surface area contributed by atoms with Gasteiger partial charge in [0.25, 0.3) is 0 Å². The molecule has 0 aliphatic carbocycles. The highest BCUT2D eigenvalue weighted by Gasteiger charge is 2.12. The predicted octanol–water partition coefficient (Wildman–Crippen LogP) is 7.58. The van der Waals surface area contributed by atoms with Crippen LogP contribution in [0.5, 0.6) is 0 Å². The van der Waals surface area contributed by atoms with Crippen LogP contribution in [-0.4, -0.2) is 0 Å². The summed E-state index contributed by atoms with van der Waals surface area (Å²) in [6, 6.07) is 32.6. The van der Waals surface area contributed by atoms with Gasteiger partial charge in [0.15, 0.2) is 0 Å². The largest absolute Gasteiger partial charge is 0.0616 e. The van der Waals surface area contributed by atoms with Crippen molar-refractivity contribution >= 4 is 48.2 Å². The molecule has 5 aromatic rings. The molecule has 0 bridgehead atoms. The molecule has 0 aliphatic heterocycles. The maximum absolute atomic E-state index is 3.78. The van der Waals surface area contributed by atoms with E-state index < -0.39 is 0 Å². The summed E-state index contributed by atoms with van der Waals surface area (Å²) in [5.41, 5.74) is 2.55. The van der Waals surface area contributed by atoms with Crippen LogP contribution in [0.25, 0.3) is 43.4 Å². The van der Waals surface area contributed by atoms with Crippen LogP contribution in [0.4, 0.5) is 0 Å². The molecule has 0 aromatic heterocycles. The fourth-order valence-electron chi connectivity index (χ4n) is 3.72. The smallest absolute Gasteiger partial charge is 0.0260 e. The Kier molecular flexibility index (Phi) is 3.36.